The van der Waals surface area contributed by atoms with Crippen LogP contribution in [0.2, 0.25) is 5.02 Å². The Morgan fingerprint density at radius 1 is 1.52 bits per heavy atom. The molecule has 0 radical (unpaired) electrons. The van der Waals surface area contributed by atoms with Crippen molar-refractivity contribution in [3.05, 3.63) is 46.3 Å². The first-order valence-corrected chi connectivity index (χ1v) is 7.52. The van der Waals surface area contributed by atoms with E-state index in [-0.39, 0.29) is 23.9 Å². The average molecular weight is 342 g/mol. The predicted molar refractivity (Wildman–Crippen MR) is 81.4 cm³/mol. The molecule has 0 saturated heterocycles. The number of hydrogen-bond donors (Lipinski definition) is 2. The summed E-state index contributed by atoms with van der Waals surface area (Å²) in [6, 6.07) is 4.03. The summed E-state index contributed by atoms with van der Waals surface area (Å²) in [6.45, 7) is 1.72. The highest BCUT2D eigenvalue weighted by Crippen LogP contribution is 2.19. The minimum absolute atomic E-state index is 0.000425. The predicted octanol–water partition coefficient (Wildman–Crippen LogP) is 2.34. The molecular formula is C15H17ClFN3O3. The van der Waals surface area contributed by atoms with Gasteiger partial charge in [-0.15, -0.1) is 0 Å². The van der Waals surface area contributed by atoms with Gasteiger partial charge in [0.15, 0.2) is 5.82 Å². The van der Waals surface area contributed by atoms with Crippen LogP contribution >= 0.6 is 11.6 Å². The van der Waals surface area contributed by atoms with Crippen LogP contribution in [0.4, 0.5) is 4.39 Å². The Hall–Kier alpha value is -1.99. The smallest absolute Gasteiger partial charge is 0.226 e. The first kappa shape index (κ1) is 17.4. The van der Waals surface area contributed by atoms with Gasteiger partial charge < -0.3 is 14.9 Å². The van der Waals surface area contributed by atoms with E-state index in [0.29, 0.717) is 30.1 Å². The number of aromatic nitrogens is 2. The molecule has 2 rings (SSSR count). The van der Waals surface area contributed by atoms with Crippen molar-refractivity contribution in [2.45, 2.75) is 32.3 Å². The van der Waals surface area contributed by atoms with Crippen LogP contribution in [0.15, 0.2) is 22.7 Å². The van der Waals surface area contributed by atoms with Crippen molar-refractivity contribution >= 4 is 17.5 Å². The molecule has 0 fully saturated rings. The third kappa shape index (κ3) is 5.30. The number of aliphatic hydroxyl groups excluding tert-OH is 1. The lowest BCUT2D eigenvalue weighted by Gasteiger charge is -2.12. The summed E-state index contributed by atoms with van der Waals surface area (Å²) in [5.74, 6) is 0.230. The van der Waals surface area contributed by atoms with Gasteiger partial charge in [0.2, 0.25) is 11.8 Å². The molecule has 1 atom stereocenters. The molecule has 1 heterocycles. The van der Waals surface area contributed by atoms with Gasteiger partial charge in [0, 0.05) is 19.4 Å². The number of hydrogen-bond acceptors (Lipinski definition) is 5. The van der Waals surface area contributed by atoms with Crippen LogP contribution in [0.3, 0.4) is 0 Å². The molecule has 0 bridgehead atoms. The lowest BCUT2D eigenvalue weighted by atomic mass is 10.1. The van der Waals surface area contributed by atoms with Gasteiger partial charge >= 0.3 is 0 Å². The standard InChI is InChI=1S/C15H17ClFN3O3/c1-9-19-15(23-20-9)4-2-3-14(22)18-8-13(21)10-5-6-11(16)12(17)7-10/h5-7,13,21H,2-4,8H2,1H3,(H,18,22). The van der Waals surface area contributed by atoms with E-state index in [1.54, 1.807) is 6.92 Å². The van der Waals surface area contributed by atoms with Crippen molar-refractivity contribution in [2.75, 3.05) is 6.54 Å². The maximum absolute atomic E-state index is 13.3. The van der Waals surface area contributed by atoms with E-state index in [1.165, 1.54) is 12.1 Å². The third-order valence-electron chi connectivity index (χ3n) is 3.19. The Kier molecular flexibility index (Phi) is 6.06. The molecule has 1 unspecified atom stereocenters. The molecular weight excluding hydrogens is 325 g/mol. The van der Waals surface area contributed by atoms with Crippen molar-refractivity contribution in [1.82, 2.24) is 15.5 Å². The Morgan fingerprint density at radius 2 is 2.30 bits per heavy atom. The van der Waals surface area contributed by atoms with Crippen LogP contribution in [0.1, 0.15) is 36.2 Å². The van der Waals surface area contributed by atoms with Crippen LogP contribution in [0.5, 0.6) is 0 Å². The van der Waals surface area contributed by atoms with Crippen LogP contribution in [0.25, 0.3) is 0 Å². The summed E-state index contributed by atoms with van der Waals surface area (Å²) in [7, 11) is 0. The summed E-state index contributed by atoms with van der Waals surface area (Å²) >= 11 is 5.58. The van der Waals surface area contributed by atoms with Crippen molar-refractivity contribution < 1.29 is 18.8 Å². The topological polar surface area (TPSA) is 88.2 Å². The van der Waals surface area contributed by atoms with E-state index >= 15 is 0 Å². The molecule has 2 N–H and O–H groups in total. The zero-order valence-corrected chi connectivity index (χ0v) is 13.3. The van der Waals surface area contributed by atoms with Crippen LogP contribution < -0.4 is 5.32 Å². The minimum atomic E-state index is -0.996. The minimum Gasteiger partial charge on any atom is -0.387 e. The van der Waals surface area contributed by atoms with Crippen LogP contribution in [-0.4, -0.2) is 27.7 Å². The SMILES string of the molecule is Cc1noc(CCCC(=O)NCC(O)c2ccc(Cl)c(F)c2)n1. The van der Waals surface area contributed by atoms with Gasteiger partial charge in [-0.05, 0) is 31.0 Å². The van der Waals surface area contributed by atoms with Gasteiger partial charge in [-0.3, -0.25) is 4.79 Å². The average Bonchev–Trinajstić information content (AvgIpc) is 2.93. The second-order valence-electron chi connectivity index (χ2n) is 5.08. The first-order chi connectivity index (χ1) is 11.0. The number of benzene rings is 1. The quantitative estimate of drug-likeness (QED) is 0.807. The van der Waals surface area contributed by atoms with Gasteiger partial charge in [0.25, 0.3) is 0 Å². The van der Waals surface area contributed by atoms with E-state index in [9.17, 15) is 14.3 Å². The summed E-state index contributed by atoms with van der Waals surface area (Å²) in [4.78, 5) is 15.8. The maximum Gasteiger partial charge on any atom is 0.226 e. The lowest BCUT2D eigenvalue weighted by Crippen LogP contribution is -2.28. The van der Waals surface area contributed by atoms with Gasteiger partial charge in [0.05, 0.1) is 11.1 Å². The maximum atomic E-state index is 13.3. The second kappa shape index (κ2) is 8.03. The molecule has 6 nitrogen and oxygen atoms in total. The lowest BCUT2D eigenvalue weighted by molar-refractivity contribution is -0.121. The van der Waals surface area contributed by atoms with E-state index in [4.69, 9.17) is 16.1 Å². The van der Waals surface area contributed by atoms with E-state index in [1.807, 2.05) is 0 Å². The number of aryl methyl sites for hydroxylation is 2. The fourth-order valence-corrected chi connectivity index (χ4v) is 2.10. The highest BCUT2D eigenvalue weighted by Gasteiger charge is 2.12. The Labute approximate surface area is 137 Å². The molecule has 0 aliphatic rings. The fraction of sp³-hybridized carbons (Fsp3) is 0.400. The summed E-state index contributed by atoms with van der Waals surface area (Å²) in [6.07, 6.45) is 0.339. The Balaban J connectivity index is 1.71. The molecule has 1 aromatic heterocycles. The molecule has 124 valence electrons. The molecule has 2 aromatic rings. The number of amides is 1. The van der Waals surface area contributed by atoms with E-state index in [2.05, 4.69) is 15.5 Å². The number of nitrogens with zero attached hydrogens (tertiary/aromatic N) is 2. The normalized spacial score (nSPS) is 12.2. The number of rotatable bonds is 7. The highest BCUT2D eigenvalue weighted by molar-refractivity contribution is 6.30. The van der Waals surface area contributed by atoms with E-state index < -0.39 is 11.9 Å². The summed E-state index contributed by atoms with van der Waals surface area (Å²) < 4.78 is 18.3. The zero-order valence-electron chi connectivity index (χ0n) is 12.6. The fourth-order valence-electron chi connectivity index (χ4n) is 1.98. The molecule has 23 heavy (non-hydrogen) atoms. The van der Waals surface area contributed by atoms with Crippen molar-refractivity contribution in [2.24, 2.45) is 0 Å². The molecule has 8 heteroatoms. The van der Waals surface area contributed by atoms with E-state index in [0.717, 1.165) is 6.07 Å². The number of nitrogens with one attached hydrogen (secondary N) is 1. The largest absolute Gasteiger partial charge is 0.387 e. The van der Waals surface area contributed by atoms with Crippen LogP contribution in [-0.2, 0) is 11.2 Å². The first-order valence-electron chi connectivity index (χ1n) is 7.14. The molecule has 1 aromatic carbocycles. The van der Waals surface area contributed by atoms with Crippen molar-refractivity contribution in [3.8, 4) is 0 Å². The molecule has 0 aliphatic carbocycles. The third-order valence-corrected chi connectivity index (χ3v) is 3.49. The highest BCUT2D eigenvalue weighted by atomic mass is 35.5. The zero-order chi connectivity index (χ0) is 16.8. The van der Waals surface area contributed by atoms with Crippen molar-refractivity contribution in [1.29, 1.82) is 0 Å². The summed E-state index contributed by atoms with van der Waals surface area (Å²) in [5.41, 5.74) is 0.355. The molecule has 0 saturated carbocycles. The summed E-state index contributed by atoms with van der Waals surface area (Å²) in [5, 5.41) is 16.2. The van der Waals surface area contributed by atoms with Gasteiger partial charge in [-0.1, -0.05) is 22.8 Å². The van der Waals surface area contributed by atoms with Gasteiger partial charge in [-0.2, -0.15) is 4.98 Å². The molecule has 1 amide bonds. The molecule has 0 spiro atoms. The van der Waals surface area contributed by atoms with Crippen molar-refractivity contribution in [3.63, 3.8) is 0 Å². The number of halogens is 2. The number of carbonyl (C=O) groups is 1. The van der Waals surface area contributed by atoms with Gasteiger partial charge in [-0.25, -0.2) is 4.39 Å². The monoisotopic (exact) mass is 341 g/mol. The molecule has 0 aliphatic heterocycles. The second-order valence-corrected chi connectivity index (χ2v) is 5.49. The number of aliphatic hydroxyl groups is 1. The number of carbonyl (C=O) groups excluding carboxylic acids is 1. The Morgan fingerprint density at radius 3 is 2.96 bits per heavy atom. The Bertz CT molecular complexity index is 678. The van der Waals surface area contributed by atoms with Crippen LogP contribution in [0, 0.1) is 12.7 Å². The van der Waals surface area contributed by atoms with Gasteiger partial charge in [0.1, 0.15) is 5.82 Å².